The Hall–Kier alpha value is -2.11. The summed E-state index contributed by atoms with van der Waals surface area (Å²) in [7, 11) is 0. The van der Waals surface area contributed by atoms with E-state index in [-0.39, 0.29) is 0 Å². The number of nitrogens with zero attached hydrogens (tertiary/aromatic N) is 3. The van der Waals surface area contributed by atoms with Gasteiger partial charge < -0.3 is 5.32 Å². The Labute approximate surface area is 127 Å². The van der Waals surface area contributed by atoms with Gasteiger partial charge in [0.05, 0.1) is 4.88 Å². The Morgan fingerprint density at radius 2 is 2.00 bits per heavy atom. The highest BCUT2D eigenvalue weighted by atomic mass is 32.1. The lowest BCUT2D eigenvalue weighted by atomic mass is 10.3. The molecule has 0 aliphatic rings. The third-order valence-electron chi connectivity index (χ3n) is 3.06. The van der Waals surface area contributed by atoms with Crippen LogP contribution in [0.3, 0.4) is 0 Å². The monoisotopic (exact) mass is 296 g/mol. The van der Waals surface area contributed by atoms with E-state index in [0.29, 0.717) is 0 Å². The normalized spacial score (nSPS) is 10.7. The molecule has 5 heteroatoms. The molecule has 1 N–H and O–H groups in total. The molecule has 0 spiro atoms. The largest absolute Gasteiger partial charge is 0.310 e. The van der Waals surface area contributed by atoms with Crippen molar-refractivity contribution in [2.24, 2.45) is 0 Å². The molecule has 0 fully saturated rings. The van der Waals surface area contributed by atoms with E-state index in [9.17, 15) is 0 Å². The third kappa shape index (κ3) is 3.93. The maximum Gasteiger partial charge on any atom is 0.107 e. The molecule has 0 aliphatic heterocycles. The van der Waals surface area contributed by atoms with E-state index in [1.54, 1.807) is 17.5 Å². The molecule has 106 valence electrons. The van der Waals surface area contributed by atoms with Crippen molar-refractivity contribution in [3.63, 3.8) is 0 Å². The van der Waals surface area contributed by atoms with E-state index in [0.717, 1.165) is 40.7 Å². The maximum absolute atomic E-state index is 4.45. The summed E-state index contributed by atoms with van der Waals surface area (Å²) in [5.41, 5.74) is 2.23. The summed E-state index contributed by atoms with van der Waals surface area (Å²) in [6.07, 6.45) is 8.33. The van der Waals surface area contributed by atoms with Crippen LogP contribution in [0.25, 0.3) is 10.4 Å². The lowest BCUT2D eigenvalue weighted by Gasteiger charge is -2.01. The van der Waals surface area contributed by atoms with Crippen molar-refractivity contribution in [2.75, 3.05) is 6.54 Å². The maximum atomic E-state index is 4.45. The minimum atomic E-state index is 0.789. The topological polar surface area (TPSA) is 50.7 Å². The van der Waals surface area contributed by atoms with Gasteiger partial charge in [-0.25, -0.2) is 4.98 Å². The van der Waals surface area contributed by atoms with Gasteiger partial charge in [0.25, 0.3) is 0 Å². The quantitative estimate of drug-likeness (QED) is 0.711. The minimum Gasteiger partial charge on any atom is -0.310 e. The van der Waals surface area contributed by atoms with Gasteiger partial charge in [-0.1, -0.05) is 12.1 Å². The van der Waals surface area contributed by atoms with Crippen molar-refractivity contribution in [1.29, 1.82) is 0 Å². The van der Waals surface area contributed by atoms with Crippen molar-refractivity contribution in [2.45, 2.75) is 13.0 Å². The fourth-order valence-electron chi connectivity index (χ4n) is 1.99. The van der Waals surface area contributed by atoms with Crippen LogP contribution in [0.1, 0.15) is 10.7 Å². The van der Waals surface area contributed by atoms with Gasteiger partial charge in [0.2, 0.25) is 0 Å². The molecule has 0 unspecified atom stereocenters. The standard InChI is InChI=1S/C16H16N4S/c1-2-8-19-14(5-1)6-9-18-12-16-20-11-15(21-16)13-4-3-7-17-10-13/h1-5,7-8,10-11,18H,6,9,12H2. The van der Waals surface area contributed by atoms with Crippen molar-refractivity contribution >= 4 is 11.3 Å². The highest BCUT2D eigenvalue weighted by molar-refractivity contribution is 7.15. The number of pyridine rings is 2. The fraction of sp³-hybridized carbons (Fsp3) is 0.188. The molecule has 3 aromatic rings. The molecule has 3 heterocycles. The van der Waals surface area contributed by atoms with E-state index in [4.69, 9.17) is 0 Å². The summed E-state index contributed by atoms with van der Waals surface area (Å²) in [5.74, 6) is 0. The minimum absolute atomic E-state index is 0.789. The van der Waals surface area contributed by atoms with Crippen LogP contribution in [0.15, 0.2) is 55.1 Å². The van der Waals surface area contributed by atoms with Crippen LogP contribution in [0.5, 0.6) is 0 Å². The van der Waals surface area contributed by atoms with Crippen LogP contribution in [0.4, 0.5) is 0 Å². The van der Waals surface area contributed by atoms with Crippen molar-refractivity contribution < 1.29 is 0 Å². The smallest absolute Gasteiger partial charge is 0.107 e. The average Bonchev–Trinajstić information content (AvgIpc) is 3.02. The number of hydrogen-bond acceptors (Lipinski definition) is 5. The van der Waals surface area contributed by atoms with Crippen molar-refractivity contribution in [3.8, 4) is 10.4 Å². The molecule has 0 aliphatic carbocycles. The van der Waals surface area contributed by atoms with Gasteiger partial charge >= 0.3 is 0 Å². The molecule has 0 bridgehead atoms. The summed E-state index contributed by atoms with van der Waals surface area (Å²) >= 11 is 1.70. The van der Waals surface area contributed by atoms with E-state index >= 15 is 0 Å². The lowest BCUT2D eigenvalue weighted by molar-refractivity contribution is 0.677. The van der Waals surface area contributed by atoms with E-state index in [1.807, 2.05) is 42.9 Å². The van der Waals surface area contributed by atoms with E-state index in [1.165, 1.54) is 0 Å². The zero-order valence-corrected chi connectivity index (χ0v) is 12.4. The van der Waals surface area contributed by atoms with Gasteiger partial charge in [0.1, 0.15) is 5.01 Å². The number of rotatable bonds is 6. The molecular weight excluding hydrogens is 280 g/mol. The molecule has 0 aromatic carbocycles. The highest BCUT2D eigenvalue weighted by Gasteiger charge is 2.04. The Morgan fingerprint density at radius 3 is 2.81 bits per heavy atom. The predicted octanol–water partition coefficient (Wildman–Crippen LogP) is 2.93. The molecule has 0 saturated carbocycles. The Kier molecular flexibility index (Phi) is 4.66. The van der Waals surface area contributed by atoms with Crippen molar-refractivity contribution in [1.82, 2.24) is 20.3 Å². The first kappa shape index (κ1) is 13.9. The zero-order valence-electron chi connectivity index (χ0n) is 11.6. The van der Waals surface area contributed by atoms with Gasteiger partial charge in [0, 0.05) is 55.6 Å². The summed E-state index contributed by atoms with van der Waals surface area (Å²) in [6, 6.07) is 10.0. The van der Waals surface area contributed by atoms with Gasteiger partial charge in [-0.2, -0.15) is 0 Å². The van der Waals surface area contributed by atoms with Gasteiger partial charge in [-0.3, -0.25) is 9.97 Å². The number of hydrogen-bond donors (Lipinski definition) is 1. The Balaban J connectivity index is 1.49. The SMILES string of the molecule is c1ccc(CCNCc2ncc(-c3cccnc3)s2)nc1. The number of nitrogens with one attached hydrogen (secondary N) is 1. The summed E-state index contributed by atoms with van der Waals surface area (Å²) in [4.78, 5) is 14.0. The fourth-order valence-corrected chi connectivity index (χ4v) is 2.87. The molecule has 4 nitrogen and oxygen atoms in total. The summed E-state index contributed by atoms with van der Waals surface area (Å²) in [6.45, 7) is 1.69. The molecular formula is C16H16N4S. The van der Waals surface area contributed by atoms with Crippen LogP contribution in [-0.2, 0) is 13.0 Å². The highest BCUT2D eigenvalue weighted by Crippen LogP contribution is 2.24. The van der Waals surface area contributed by atoms with E-state index in [2.05, 4.69) is 26.3 Å². The molecule has 0 saturated heterocycles. The predicted molar refractivity (Wildman–Crippen MR) is 85.0 cm³/mol. The molecule has 3 rings (SSSR count). The molecule has 0 radical (unpaired) electrons. The van der Waals surface area contributed by atoms with Crippen molar-refractivity contribution in [3.05, 3.63) is 65.8 Å². The second-order valence-corrected chi connectivity index (χ2v) is 5.72. The Morgan fingerprint density at radius 1 is 1.00 bits per heavy atom. The third-order valence-corrected chi connectivity index (χ3v) is 4.11. The number of aromatic nitrogens is 3. The van der Waals surface area contributed by atoms with E-state index < -0.39 is 0 Å². The molecule has 0 amide bonds. The van der Waals surface area contributed by atoms with Gasteiger partial charge in [-0.15, -0.1) is 11.3 Å². The average molecular weight is 296 g/mol. The van der Waals surface area contributed by atoms with Gasteiger partial charge in [0.15, 0.2) is 0 Å². The Bertz CT molecular complexity index is 667. The number of thiazole rings is 1. The van der Waals surface area contributed by atoms with Crippen LogP contribution >= 0.6 is 11.3 Å². The first-order valence-electron chi connectivity index (χ1n) is 6.87. The first-order chi connectivity index (χ1) is 10.4. The van der Waals surface area contributed by atoms with Crippen LogP contribution in [0, 0.1) is 0 Å². The summed E-state index contributed by atoms with van der Waals surface area (Å²) < 4.78 is 0. The summed E-state index contributed by atoms with van der Waals surface area (Å²) in [5, 5.41) is 4.50. The molecule has 0 atom stereocenters. The zero-order chi connectivity index (χ0) is 14.3. The lowest BCUT2D eigenvalue weighted by Crippen LogP contribution is -2.16. The van der Waals surface area contributed by atoms with Crippen LogP contribution in [0.2, 0.25) is 0 Å². The molecule has 3 aromatic heterocycles. The van der Waals surface area contributed by atoms with Crippen LogP contribution < -0.4 is 5.32 Å². The molecule has 21 heavy (non-hydrogen) atoms. The van der Waals surface area contributed by atoms with Crippen LogP contribution in [-0.4, -0.2) is 21.5 Å². The second kappa shape index (κ2) is 7.06. The first-order valence-corrected chi connectivity index (χ1v) is 7.69. The second-order valence-electron chi connectivity index (χ2n) is 4.61. The van der Waals surface area contributed by atoms with Gasteiger partial charge in [-0.05, 0) is 18.2 Å².